The highest BCUT2D eigenvalue weighted by atomic mass is 32.1. The van der Waals surface area contributed by atoms with Crippen molar-refractivity contribution < 1.29 is 4.42 Å². The highest BCUT2D eigenvalue weighted by Crippen LogP contribution is 2.57. The van der Waals surface area contributed by atoms with E-state index in [1.807, 2.05) is 11.3 Å². The van der Waals surface area contributed by atoms with Crippen LogP contribution in [0.3, 0.4) is 0 Å². The van der Waals surface area contributed by atoms with Crippen LogP contribution in [0.5, 0.6) is 0 Å². The molecule has 0 N–H and O–H groups in total. The van der Waals surface area contributed by atoms with Crippen LogP contribution in [0.15, 0.2) is 265 Å². The normalized spacial score (nSPS) is 12.7. The third-order valence-corrected chi connectivity index (χ3v) is 15.7. The summed E-state index contributed by atoms with van der Waals surface area (Å²) in [6.07, 6.45) is 0. The lowest BCUT2D eigenvalue weighted by atomic mass is 9.67. The average molecular weight is 910 g/mol. The largest absolute Gasteiger partial charge is 0.456 e. The molecule has 0 bridgehead atoms. The van der Waals surface area contributed by atoms with Crippen molar-refractivity contribution in [1.29, 1.82) is 0 Å². The second-order valence-electron chi connectivity index (χ2n) is 18.3. The quantitative estimate of drug-likeness (QED) is 0.151. The molecule has 14 rings (SSSR count). The van der Waals surface area contributed by atoms with E-state index >= 15 is 0 Å². The molecule has 0 saturated heterocycles. The highest BCUT2D eigenvalue weighted by molar-refractivity contribution is 7.26. The summed E-state index contributed by atoms with van der Waals surface area (Å²) in [6, 6.07) is 95.6. The molecule has 0 fully saturated rings. The van der Waals surface area contributed by atoms with Crippen molar-refractivity contribution in [1.82, 2.24) is 0 Å². The molecule has 70 heavy (non-hydrogen) atoms. The van der Waals surface area contributed by atoms with E-state index in [2.05, 4.69) is 266 Å². The van der Waals surface area contributed by atoms with Gasteiger partial charge in [0.2, 0.25) is 0 Å². The number of hydrogen-bond donors (Lipinski definition) is 0. The first-order valence-electron chi connectivity index (χ1n) is 24.0. The molecule has 2 heterocycles. The summed E-state index contributed by atoms with van der Waals surface area (Å²) in [5.74, 6) is 0. The molecule has 0 aliphatic heterocycles. The maximum absolute atomic E-state index is 6.75. The van der Waals surface area contributed by atoms with E-state index in [1.54, 1.807) is 0 Å². The van der Waals surface area contributed by atoms with Crippen LogP contribution in [-0.4, -0.2) is 0 Å². The molecule has 2 aromatic heterocycles. The van der Waals surface area contributed by atoms with Gasteiger partial charge in [-0.3, -0.25) is 0 Å². The Hall–Kier alpha value is -8.76. The molecule has 1 aliphatic rings. The Morgan fingerprint density at radius 2 is 0.900 bits per heavy atom. The second kappa shape index (κ2) is 16.2. The fraction of sp³-hybridized carbons (Fsp3) is 0.0149. The van der Waals surface area contributed by atoms with Gasteiger partial charge in [-0.05, 0) is 127 Å². The topological polar surface area (TPSA) is 16.4 Å². The predicted octanol–water partition coefficient (Wildman–Crippen LogP) is 18.8. The van der Waals surface area contributed by atoms with Crippen LogP contribution in [0.25, 0.3) is 86.6 Å². The minimum absolute atomic E-state index is 0.562. The van der Waals surface area contributed by atoms with Gasteiger partial charge in [0.1, 0.15) is 11.2 Å². The lowest BCUT2D eigenvalue weighted by molar-refractivity contribution is 0.669. The predicted molar refractivity (Wildman–Crippen MR) is 295 cm³/mol. The standard InChI is InChI=1S/C67H43NOS/c1-4-17-44(18-5-1)46-33-35-47(36-34-46)53-27-15-32-64-65(53)57-43-52(38-40-63(57)70-64)68(60-30-16-31-62-66(60)56-41-48(37-39-61(56)69-62)45-19-6-2-7-20-45)51-24-14-23-50(42-51)67(49-21-8-3-9-22-49)58-28-12-10-25-54(58)55-26-11-13-29-59(55)67/h1-43H. The van der Waals surface area contributed by atoms with Crippen molar-refractivity contribution in [2.75, 3.05) is 4.90 Å². The van der Waals surface area contributed by atoms with Crippen LogP contribution in [0.4, 0.5) is 17.1 Å². The Kier molecular flexibility index (Phi) is 9.33. The summed E-state index contributed by atoms with van der Waals surface area (Å²) in [5.41, 5.74) is 19.1. The van der Waals surface area contributed by atoms with Gasteiger partial charge in [0.05, 0.1) is 16.5 Å². The Bertz CT molecular complexity index is 4070. The highest BCUT2D eigenvalue weighted by Gasteiger charge is 2.46. The number of furan rings is 1. The first kappa shape index (κ1) is 40.3. The summed E-state index contributed by atoms with van der Waals surface area (Å²) >= 11 is 1.86. The van der Waals surface area contributed by atoms with E-state index in [1.165, 1.54) is 81.4 Å². The van der Waals surface area contributed by atoms with Gasteiger partial charge in [0.15, 0.2) is 0 Å². The van der Waals surface area contributed by atoms with Gasteiger partial charge in [-0.15, -0.1) is 11.3 Å². The Balaban J connectivity index is 1.02. The first-order chi connectivity index (χ1) is 34.7. The van der Waals surface area contributed by atoms with Crippen molar-refractivity contribution in [2.45, 2.75) is 5.41 Å². The van der Waals surface area contributed by atoms with E-state index in [9.17, 15) is 0 Å². The summed E-state index contributed by atoms with van der Waals surface area (Å²) in [4.78, 5) is 2.47. The molecule has 0 radical (unpaired) electrons. The molecule has 0 unspecified atom stereocenters. The average Bonchev–Trinajstić information content (AvgIpc) is 4.10. The number of anilines is 3. The SMILES string of the molecule is c1ccc(-c2ccc(-c3cccc4sc5ccc(N(c6cccc(C7(c8ccccc8)c8ccccc8-c8ccccc87)c6)c6cccc7oc8ccc(-c9ccccc9)cc8c67)cc5c34)cc2)cc1. The van der Waals surface area contributed by atoms with Crippen LogP contribution in [-0.2, 0) is 5.41 Å². The monoisotopic (exact) mass is 909 g/mol. The van der Waals surface area contributed by atoms with Crippen LogP contribution in [0, 0.1) is 0 Å². The molecule has 0 saturated carbocycles. The molecule has 2 nitrogen and oxygen atoms in total. The second-order valence-corrected chi connectivity index (χ2v) is 19.4. The third kappa shape index (κ3) is 6.25. The van der Waals surface area contributed by atoms with Crippen LogP contribution in [0.1, 0.15) is 22.3 Å². The van der Waals surface area contributed by atoms with Crippen molar-refractivity contribution in [3.05, 3.63) is 283 Å². The van der Waals surface area contributed by atoms with E-state index in [0.717, 1.165) is 44.6 Å². The summed E-state index contributed by atoms with van der Waals surface area (Å²) in [7, 11) is 0. The Labute approximate surface area is 410 Å². The van der Waals surface area contributed by atoms with Gasteiger partial charge in [-0.2, -0.15) is 0 Å². The molecule has 13 aromatic rings. The number of benzene rings is 11. The van der Waals surface area contributed by atoms with Crippen LogP contribution in [0.2, 0.25) is 0 Å². The molecular formula is C67H43NOS. The molecule has 0 spiro atoms. The van der Waals surface area contributed by atoms with E-state index in [-0.39, 0.29) is 0 Å². The third-order valence-electron chi connectivity index (χ3n) is 14.6. The van der Waals surface area contributed by atoms with E-state index < -0.39 is 5.41 Å². The van der Waals surface area contributed by atoms with Gasteiger partial charge >= 0.3 is 0 Å². The number of thiophene rings is 1. The van der Waals surface area contributed by atoms with Gasteiger partial charge in [-0.1, -0.05) is 200 Å². The summed E-state index contributed by atoms with van der Waals surface area (Å²) in [5, 5.41) is 4.66. The fourth-order valence-corrected chi connectivity index (χ4v) is 12.6. The number of rotatable bonds is 8. The van der Waals surface area contributed by atoms with Gasteiger partial charge in [-0.25, -0.2) is 0 Å². The van der Waals surface area contributed by atoms with Gasteiger partial charge < -0.3 is 9.32 Å². The lowest BCUT2D eigenvalue weighted by Crippen LogP contribution is -2.28. The Morgan fingerprint density at radius 3 is 1.64 bits per heavy atom. The first-order valence-corrected chi connectivity index (χ1v) is 24.8. The molecule has 0 amide bonds. The number of fused-ring (bicyclic) bond motifs is 9. The molecule has 1 aliphatic carbocycles. The lowest BCUT2D eigenvalue weighted by Gasteiger charge is -2.35. The maximum Gasteiger partial charge on any atom is 0.137 e. The minimum atomic E-state index is -0.562. The zero-order valence-electron chi connectivity index (χ0n) is 38.1. The molecule has 11 aromatic carbocycles. The zero-order valence-corrected chi connectivity index (χ0v) is 38.9. The van der Waals surface area contributed by atoms with Gasteiger partial charge in [0.25, 0.3) is 0 Å². The van der Waals surface area contributed by atoms with E-state index in [4.69, 9.17) is 4.42 Å². The molecule has 328 valence electrons. The number of hydrogen-bond acceptors (Lipinski definition) is 3. The van der Waals surface area contributed by atoms with Crippen molar-refractivity contribution in [3.8, 4) is 44.5 Å². The fourth-order valence-electron chi connectivity index (χ4n) is 11.5. The smallest absolute Gasteiger partial charge is 0.137 e. The maximum atomic E-state index is 6.75. The van der Waals surface area contributed by atoms with E-state index in [0.29, 0.717) is 0 Å². The van der Waals surface area contributed by atoms with Crippen LogP contribution >= 0.6 is 11.3 Å². The van der Waals surface area contributed by atoms with Crippen molar-refractivity contribution >= 4 is 70.5 Å². The van der Waals surface area contributed by atoms with Crippen LogP contribution < -0.4 is 4.90 Å². The van der Waals surface area contributed by atoms with Gasteiger partial charge in [0, 0.05) is 36.9 Å². The molecule has 0 atom stereocenters. The number of nitrogens with zero attached hydrogens (tertiary/aromatic N) is 1. The summed E-state index contributed by atoms with van der Waals surface area (Å²) < 4.78 is 9.28. The Morgan fingerprint density at radius 1 is 0.329 bits per heavy atom. The van der Waals surface area contributed by atoms with Crippen molar-refractivity contribution in [3.63, 3.8) is 0 Å². The summed E-state index contributed by atoms with van der Waals surface area (Å²) in [6.45, 7) is 0. The molecular weight excluding hydrogens is 867 g/mol. The zero-order chi connectivity index (χ0) is 46.2. The molecule has 3 heteroatoms. The minimum Gasteiger partial charge on any atom is -0.456 e. The van der Waals surface area contributed by atoms with Crippen molar-refractivity contribution in [2.24, 2.45) is 0 Å².